The van der Waals surface area contributed by atoms with E-state index in [1.165, 1.54) is 10.6 Å². The number of aromatic nitrogens is 2. The maximum Gasteiger partial charge on any atom is 0.0644 e. The van der Waals surface area contributed by atoms with E-state index in [9.17, 15) is 0 Å². The highest BCUT2D eigenvalue weighted by molar-refractivity contribution is 7.10. The lowest BCUT2D eigenvalue weighted by Gasteiger charge is -2.15. The van der Waals surface area contributed by atoms with Crippen LogP contribution in [0.15, 0.2) is 29.8 Å². The fourth-order valence-electron chi connectivity index (χ4n) is 2.14. The molecule has 104 valence electrons. The number of nitrogens with one attached hydrogen (secondary N) is 1. The first-order chi connectivity index (χ1) is 9.24. The number of hydrogen-bond acceptors (Lipinski definition) is 3. The van der Waals surface area contributed by atoms with Gasteiger partial charge in [0.2, 0.25) is 0 Å². The van der Waals surface area contributed by atoms with Crippen LogP contribution in [0.3, 0.4) is 0 Å². The average Bonchev–Trinajstić information content (AvgIpc) is 3.08. The van der Waals surface area contributed by atoms with Crippen LogP contribution in [0.1, 0.15) is 49.8 Å². The smallest absolute Gasteiger partial charge is 0.0644 e. The van der Waals surface area contributed by atoms with Crippen LogP contribution in [0.5, 0.6) is 0 Å². The van der Waals surface area contributed by atoms with Crippen LogP contribution in [-0.2, 0) is 6.42 Å². The molecule has 0 fully saturated rings. The van der Waals surface area contributed by atoms with E-state index in [1.54, 1.807) is 0 Å². The second-order valence-corrected chi connectivity index (χ2v) is 5.85. The van der Waals surface area contributed by atoms with Gasteiger partial charge in [-0.1, -0.05) is 19.9 Å². The van der Waals surface area contributed by atoms with Gasteiger partial charge in [0.1, 0.15) is 0 Å². The Hall–Kier alpha value is -1.13. The molecule has 2 aromatic rings. The molecular weight excluding hydrogens is 254 g/mol. The Kier molecular flexibility index (Phi) is 5.16. The van der Waals surface area contributed by atoms with E-state index >= 15 is 0 Å². The number of thiophene rings is 1. The molecule has 0 saturated heterocycles. The van der Waals surface area contributed by atoms with Crippen LogP contribution < -0.4 is 5.32 Å². The molecule has 2 unspecified atom stereocenters. The molecule has 0 aliphatic rings. The summed E-state index contributed by atoms with van der Waals surface area (Å²) in [6, 6.07) is 7.31. The maximum atomic E-state index is 4.69. The zero-order valence-corrected chi connectivity index (χ0v) is 12.8. The van der Waals surface area contributed by atoms with E-state index in [0.29, 0.717) is 12.1 Å². The van der Waals surface area contributed by atoms with Crippen LogP contribution in [0, 0.1) is 0 Å². The number of hydrogen-bond donors (Lipinski definition) is 1. The third-order valence-corrected chi connectivity index (χ3v) is 4.44. The zero-order chi connectivity index (χ0) is 13.7. The molecular formula is C15H23N3S. The van der Waals surface area contributed by atoms with Gasteiger partial charge < -0.3 is 5.32 Å². The molecule has 0 radical (unpaired) electrons. The molecule has 1 N–H and O–H groups in total. The Balaban J connectivity index is 2.07. The van der Waals surface area contributed by atoms with Gasteiger partial charge in [0.25, 0.3) is 0 Å². The molecule has 0 bridgehead atoms. The average molecular weight is 277 g/mol. The van der Waals surface area contributed by atoms with E-state index in [1.807, 2.05) is 11.3 Å². The number of nitrogens with zero attached hydrogens (tertiary/aromatic N) is 2. The van der Waals surface area contributed by atoms with Crippen LogP contribution in [0.25, 0.3) is 0 Å². The fraction of sp³-hybridized carbons (Fsp3) is 0.533. The number of rotatable bonds is 7. The Morgan fingerprint density at radius 1 is 1.37 bits per heavy atom. The van der Waals surface area contributed by atoms with Gasteiger partial charge in [-0.05, 0) is 37.4 Å². The Labute approximate surface area is 119 Å². The van der Waals surface area contributed by atoms with Gasteiger partial charge in [-0.3, -0.25) is 4.68 Å². The molecule has 0 aromatic carbocycles. The van der Waals surface area contributed by atoms with Gasteiger partial charge in [0, 0.05) is 29.6 Å². The van der Waals surface area contributed by atoms with Crippen molar-refractivity contribution >= 4 is 11.3 Å². The summed E-state index contributed by atoms with van der Waals surface area (Å²) in [5.74, 6) is 0. The third-order valence-electron chi connectivity index (χ3n) is 3.46. The highest BCUT2D eigenvalue weighted by Crippen LogP contribution is 2.22. The van der Waals surface area contributed by atoms with Crippen LogP contribution >= 0.6 is 11.3 Å². The lowest BCUT2D eigenvalue weighted by molar-refractivity contribution is 0.467. The second-order valence-electron chi connectivity index (χ2n) is 4.87. The molecule has 0 aliphatic heterocycles. The van der Waals surface area contributed by atoms with Crippen LogP contribution in [0.2, 0.25) is 0 Å². The summed E-state index contributed by atoms with van der Waals surface area (Å²) in [5, 5.41) is 10.4. The molecule has 2 atom stereocenters. The Morgan fingerprint density at radius 2 is 2.21 bits per heavy atom. The summed E-state index contributed by atoms with van der Waals surface area (Å²) in [6.45, 7) is 7.53. The van der Waals surface area contributed by atoms with Crippen molar-refractivity contribution in [3.8, 4) is 0 Å². The van der Waals surface area contributed by atoms with Gasteiger partial charge in [-0.2, -0.15) is 5.10 Å². The molecule has 0 amide bonds. The standard InChI is InChI=1S/C15H23N3S/c1-4-12(3)18-9-8-13(17-18)11-14(16-5-2)15-7-6-10-19-15/h6-10,12,14,16H,4-5,11H2,1-3H3. The number of likely N-dealkylation sites (N-methyl/N-ethyl adjacent to an activating group) is 1. The first kappa shape index (κ1) is 14.3. The highest BCUT2D eigenvalue weighted by atomic mass is 32.1. The molecule has 2 aromatic heterocycles. The van der Waals surface area contributed by atoms with Gasteiger partial charge in [-0.15, -0.1) is 11.3 Å². The first-order valence-electron chi connectivity index (χ1n) is 7.05. The Morgan fingerprint density at radius 3 is 2.84 bits per heavy atom. The summed E-state index contributed by atoms with van der Waals surface area (Å²) < 4.78 is 2.08. The van der Waals surface area contributed by atoms with Gasteiger partial charge >= 0.3 is 0 Å². The lowest BCUT2D eigenvalue weighted by atomic mass is 10.1. The molecule has 0 saturated carbocycles. The van der Waals surface area contributed by atoms with Gasteiger partial charge in [0.05, 0.1) is 5.69 Å². The van der Waals surface area contributed by atoms with E-state index < -0.39 is 0 Å². The van der Waals surface area contributed by atoms with Crippen molar-refractivity contribution in [3.63, 3.8) is 0 Å². The summed E-state index contributed by atoms with van der Waals surface area (Å²) in [6.07, 6.45) is 4.17. The molecule has 0 spiro atoms. The van der Waals surface area contributed by atoms with E-state index in [0.717, 1.165) is 19.4 Å². The van der Waals surface area contributed by atoms with E-state index in [4.69, 9.17) is 5.10 Å². The van der Waals surface area contributed by atoms with Crippen LogP contribution in [0.4, 0.5) is 0 Å². The van der Waals surface area contributed by atoms with Crippen molar-refractivity contribution in [2.45, 2.75) is 45.7 Å². The maximum absolute atomic E-state index is 4.69. The first-order valence-corrected chi connectivity index (χ1v) is 7.93. The molecule has 2 heterocycles. The lowest BCUT2D eigenvalue weighted by Crippen LogP contribution is -2.22. The second kappa shape index (κ2) is 6.87. The molecule has 19 heavy (non-hydrogen) atoms. The summed E-state index contributed by atoms with van der Waals surface area (Å²) >= 11 is 1.81. The predicted molar refractivity (Wildman–Crippen MR) is 81.7 cm³/mol. The third kappa shape index (κ3) is 3.67. The highest BCUT2D eigenvalue weighted by Gasteiger charge is 2.14. The minimum absolute atomic E-state index is 0.380. The van der Waals surface area contributed by atoms with Gasteiger partial charge in [0.15, 0.2) is 0 Å². The molecule has 3 nitrogen and oxygen atoms in total. The summed E-state index contributed by atoms with van der Waals surface area (Å²) in [7, 11) is 0. The molecule has 4 heteroatoms. The van der Waals surface area contributed by atoms with Crippen LogP contribution in [-0.4, -0.2) is 16.3 Å². The zero-order valence-electron chi connectivity index (χ0n) is 12.0. The molecule has 2 rings (SSSR count). The Bertz CT molecular complexity index is 475. The normalized spacial score (nSPS) is 14.5. The van der Waals surface area contributed by atoms with E-state index in [2.05, 4.69) is 60.5 Å². The quantitative estimate of drug-likeness (QED) is 0.834. The van der Waals surface area contributed by atoms with E-state index in [-0.39, 0.29) is 0 Å². The topological polar surface area (TPSA) is 29.9 Å². The van der Waals surface area contributed by atoms with Crippen molar-refractivity contribution in [1.29, 1.82) is 0 Å². The fourth-order valence-corrected chi connectivity index (χ4v) is 2.94. The SMILES string of the molecule is CCNC(Cc1ccn(C(C)CC)n1)c1cccs1. The van der Waals surface area contributed by atoms with Gasteiger partial charge in [-0.25, -0.2) is 0 Å². The van der Waals surface area contributed by atoms with Crippen molar-refractivity contribution < 1.29 is 0 Å². The predicted octanol–water partition coefficient (Wildman–Crippen LogP) is 3.81. The van der Waals surface area contributed by atoms with Crippen molar-refractivity contribution in [3.05, 3.63) is 40.3 Å². The largest absolute Gasteiger partial charge is 0.309 e. The van der Waals surface area contributed by atoms with Crippen molar-refractivity contribution in [2.24, 2.45) is 0 Å². The van der Waals surface area contributed by atoms with Crippen molar-refractivity contribution in [2.75, 3.05) is 6.54 Å². The monoisotopic (exact) mass is 277 g/mol. The molecule has 0 aliphatic carbocycles. The summed E-state index contributed by atoms with van der Waals surface area (Å²) in [5.41, 5.74) is 1.17. The summed E-state index contributed by atoms with van der Waals surface area (Å²) in [4.78, 5) is 1.39. The van der Waals surface area contributed by atoms with Crippen molar-refractivity contribution in [1.82, 2.24) is 15.1 Å². The minimum atomic E-state index is 0.380. The minimum Gasteiger partial charge on any atom is -0.309 e.